The van der Waals surface area contributed by atoms with Crippen LogP contribution >= 0.6 is 11.3 Å². The Morgan fingerprint density at radius 3 is 2.95 bits per heavy atom. The van der Waals surface area contributed by atoms with E-state index >= 15 is 0 Å². The Morgan fingerprint density at radius 1 is 1.52 bits per heavy atom. The van der Waals surface area contributed by atoms with Gasteiger partial charge in [-0.2, -0.15) is 0 Å². The highest BCUT2D eigenvalue weighted by molar-refractivity contribution is 7.14. The summed E-state index contributed by atoms with van der Waals surface area (Å²) in [6, 6.07) is 1.87. The van der Waals surface area contributed by atoms with Crippen LogP contribution in [0.4, 0.5) is 5.00 Å². The van der Waals surface area contributed by atoms with E-state index in [0.717, 1.165) is 19.4 Å². The minimum absolute atomic E-state index is 0.132. The number of piperidine rings is 1. The fourth-order valence-corrected chi connectivity index (χ4v) is 3.51. The third-order valence-electron chi connectivity index (χ3n) is 3.90. The molecule has 0 aliphatic carbocycles. The van der Waals surface area contributed by atoms with Crippen LogP contribution in [0.25, 0.3) is 0 Å². The van der Waals surface area contributed by atoms with Gasteiger partial charge in [-0.05, 0) is 36.8 Å². The molecule has 2 amide bonds. The highest BCUT2D eigenvalue weighted by Crippen LogP contribution is 2.24. The second-order valence-electron chi connectivity index (χ2n) is 5.57. The molecule has 1 aliphatic rings. The third-order valence-corrected chi connectivity index (χ3v) is 4.73. The maximum Gasteiger partial charge on any atom is 0.251 e. The monoisotopic (exact) mass is 310 g/mol. The van der Waals surface area contributed by atoms with Gasteiger partial charge in [-0.25, -0.2) is 0 Å². The van der Waals surface area contributed by atoms with Gasteiger partial charge in [0.1, 0.15) is 5.00 Å². The maximum absolute atomic E-state index is 12.2. The lowest BCUT2D eigenvalue weighted by atomic mass is 9.92. The zero-order valence-electron chi connectivity index (χ0n) is 12.2. The van der Waals surface area contributed by atoms with Crippen LogP contribution < -0.4 is 16.8 Å². The highest BCUT2D eigenvalue weighted by atomic mass is 32.1. The zero-order valence-corrected chi connectivity index (χ0v) is 13.0. The number of hydrogen-bond acceptors (Lipinski definition) is 5. The molecular weight excluding hydrogens is 288 g/mol. The van der Waals surface area contributed by atoms with Gasteiger partial charge in [-0.1, -0.05) is 6.92 Å². The Balaban J connectivity index is 1.95. The van der Waals surface area contributed by atoms with E-state index in [1.165, 1.54) is 11.3 Å². The van der Waals surface area contributed by atoms with Gasteiger partial charge < -0.3 is 16.8 Å². The molecule has 21 heavy (non-hydrogen) atoms. The summed E-state index contributed by atoms with van der Waals surface area (Å²) >= 11 is 1.30. The van der Waals surface area contributed by atoms with E-state index in [-0.39, 0.29) is 11.9 Å². The lowest BCUT2D eigenvalue weighted by Crippen LogP contribution is -2.49. The molecule has 0 aromatic carbocycles. The van der Waals surface area contributed by atoms with Crippen molar-refractivity contribution in [3.05, 3.63) is 17.0 Å². The van der Waals surface area contributed by atoms with E-state index < -0.39 is 5.91 Å². The summed E-state index contributed by atoms with van der Waals surface area (Å²) in [5.74, 6) is -0.0113. The summed E-state index contributed by atoms with van der Waals surface area (Å²) in [6.45, 7) is 3.95. The first-order chi connectivity index (χ1) is 10.0. The minimum atomic E-state index is -0.529. The van der Waals surface area contributed by atoms with E-state index in [4.69, 9.17) is 11.5 Å². The number of nitrogens with one attached hydrogen (secondary N) is 1. The molecule has 2 atom stereocenters. The number of nitrogens with zero attached hydrogens (tertiary/aromatic N) is 1. The summed E-state index contributed by atoms with van der Waals surface area (Å²) in [5, 5.41) is 5.02. The van der Waals surface area contributed by atoms with Gasteiger partial charge in [0.25, 0.3) is 5.91 Å². The van der Waals surface area contributed by atoms with Gasteiger partial charge in [0.05, 0.1) is 12.1 Å². The third kappa shape index (κ3) is 4.03. The van der Waals surface area contributed by atoms with E-state index in [9.17, 15) is 9.59 Å². The van der Waals surface area contributed by atoms with Crippen LogP contribution in [0.3, 0.4) is 0 Å². The van der Waals surface area contributed by atoms with Gasteiger partial charge in [-0.3, -0.25) is 14.5 Å². The molecule has 2 unspecified atom stereocenters. The molecule has 2 heterocycles. The Bertz CT molecular complexity index is 517. The topological polar surface area (TPSA) is 101 Å². The predicted molar refractivity (Wildman–Crippen MR) is 84.3 cm³/mol. The number of primary amides is 1. The average molecular weight is 310 g/mol. The molecule has 7 heteroatoms. The molecule has 116 valence electrons. The molecule has 6 nitrogen and oxygen atoms in total. The van der Waals surface area contributed by atoms with Crippen LogP contribution in [0, 0.1) is 5.92 Å². The molecule has 1 aromatic heterocycles. The van der Waals surface area contributed by atoms with Crippen molar-refractivity contribution in [2.75, 3.05) is 25.0 Å². The number of nitrogens with two attached hydrogens (primary N) is 2. The summed E-state index contributed by atoms with van der Waals surface area (Å²) in [7, 11) is 0. The number of thiophene rings is 1. The molecule has 0 bridgehead atoms. The zero-order chi connectivity index (χ0) is 15.4. The van der Waals surface area contributed by atoms with Crippen LogP contribution in [0.5, 0.6) is 0 Å². The number of likely N-dealkylation sites (tertiary alicyclic amines) is 1. The second-order valence-corrected chi connectivity index (χ2v) is 6.48. The fourth-order valence-electron chi connectivity index (χ4n) is 2.70. The van der Waals surface area contributed by atoms with Gasteiger partial charge in [0.2, 0.25) is 5.91 Å². The normalized spacial score (nSPS) is 23.0. The molecule has 1 fully saturated rings. The van der Waals surface area contributed by atoms with Gasteiger partial charge in [-0.15, -0.1) is 11.3 Å². The summed E-state index contributed by atoms with van der Waals surface area (Å²) in [5.41, 5.74) is 11.4. The van der Waals surface area contributed by atoms with Gasteiger partial charge in [0.15, 0.2) is 0 Å². The van der Waals surface area contributed by atoms with Crippen molar-refractivity contribution >= 4 is 28.2 Å². The average Bonchev–Trinajstić information content (AvgIpc) is 2.89. The van der Waals surface area contributed by atoms with Crippen LogP contribution in [0.1, 0.15) is 30.1 Å². The number of rotatable bonds is 5. The Hall–Kier alpha value is -1.44. The molecule has 1 aliphatic heterocycles. The standard InChI is InChI=1S/C14H22N4O2S/c1-9-2-4-18(10(6-9)7-15)8-12(19)17-14-11(13(16)20)3-5-21-14/h3,5,9-10H,2,4,6-8,15H2,1H3,(H2,16,20)(H,17,19). The molecule has 1 saturated heterocycles. The quantitative estimate of drug-likeness (QED) is 0.750. The molecule has 1 aromatic rings. The van der Waals surface area contributed by atoms with E-state index in [1.807, 2.05) is 0 Å². The number of amides is 2. The van der Waals surface area contributed by atoms with Crippen molar-refractivity contribution < 1.29 is 9.59 Å². The van der Waals surface area contributed by atoms with Crippen LogP contribution in [-0.2, 0) is 4.79 Å². The Morgan fingerprint density at radius 2 is 2.29 bits per heavy atom. The Labute approximate surface area is 128 Å². The summed E-state index contributed by atoms with van der Waals surface area (Å²) < 4.78 is 0. The lowest BCUT2D eigenvalue weighted by Gasteiger charge is -2.37. The lowest BCUT2D eigenvalue weighted by molar-refractivity contribution is -0.118. The van der Waals surface area contributed by atoms with E-state index in [0.29, 0.717) is 29.6 Å². The number of carbonyl (C=O) groups is 2. The molecule has 0 saturated carbocycles. The van der Waals surface area contributed by atoms with Crippen LogP contribution in [0.2, 0.25) is 0 Å². The van der Waals surface area contributed by atoms with Crippen LogP contribution in [0.15, 0.2) is 11.4 Å². The van der Waals surface area contributed by atoms with Crippen LogP contribution in [-0.4, -0.2) is 42.4 Å². The van der Waals surface area contributed by atoms with Crippen molar-refractivity contribution in [3.8, 4) is 0 Å². The molecule has 5 N–H and O–H groups in total. The maximum atomic E-state index is 12.2. The van der Waals surface area contributed by atoms with E-state index in [1.54, 1.807) is 11.4 Å². The van der Waals surface area contributed by atoms with E-state index in [2.05, 4.69) is 17.1 Å². The van der Waals surface area contributed by atoms with Crippen molar-refractivity contribution in [2.24, 2.45) is 17.4 Å². The highest BCUT2D eigenvalue weighted by Gasteiger charge is 2.27. The van der Waals surface area contributed by atoms with Gasteiger partial charge >= 0.3 is 0 Å². The van der Waals surface area contributed by atoms with Crippen molar-refractivity contribution in [3.63, 3.8) is 0 Å². The summed E-state index contributed by atoms with van der Waals surface area (Å²) in [4.78, 5) is 25.5. The second kappa shape index (κ2) is 7.02. The molecule has 0 spiro atoms. The van der Waals surface area contributed by atoms with Crippen molar-refractivity contribution in [2.45, 2.75) is 25.8 Å². The minimum Gasteiger partial charge on any atom is -0.366 e. The largest absolute Gasteiger partial charge is 0.366 e. The first-order valence-electron chi connectivity index (χ1n) is 7.12. The number of anilines is 1. The number of carbonyl (C=O) groups excluding carboxylic acids is 2. The number of hydrogen-bond donors (Lipinski definition) is 3. The first-order valence-corrected chi connectivity index (χ1v) is 8.00. The summed E-state index contributed by atoms with van der Waals surface area (Å²) in [6.07, 6.45) is 2.10. The van der Waals surface area contributed by atoms with Crippen molar-refractivity contribution in [1.82, 2.24) is 4.90 Å². The SMILES string of the molecule is CC1CCN(CC(=O)Nc2sccc2C(N)=O)C(CN)C1. The fraction of sp³-hybridized carbons (Fsp3) is 0.571. The van der Waals surface area contributed by atoms with Gasteiger partial charge in [0, 0.05) is 12.6 Å². The molecular formula is C14H22N4O2S. The molecule has 0 radical (unpaired) electrons. The van der Waals surface area contributed by atoms with Crippen molar-refractivity contribution in [1.29, 1.82) is 0 Å². The smallest absolute Gasteiger partial charge is 0.251 e. The predicted octanol–water partition coefficient (Wildman–Crippen LogP) is 0.845. The Kier molecular flexibility index (Phi) is 5.33. The first kappa shape index (κ1) is 15.9. The molecule has 2 rings (SSSR count).